The third-order valence-corrected chi connectivity index (χ3v) is 2.64. The molecule has 0 saturated heterocycles. The molecule has 88 valence electrons. The van der Waals surface area contributed by atoms with E-state index in [1.165, 1.54) is 16.7 Å². The highest BCUT2D eigenvalue weighted by molar-refractivity contribution is 5.98. The lowest BCUT2D eigenvalue weighted by atomic mass is 10.0. The first-order chi connectivity index (χ1) is 7.56. The molecule has 0 spiro atoms. The van der Waals surface area contributed by atoms with E-state index < -0.39 is 0 Å². The summed E-state index contributed by atoms with van der Waals surface area (Å²) in [5.74, 6) is 0. The van der Waals surface area contributed by atoms with Gasteiger partial charge in [0.1, 0.15) is 0 Å². The Morgan fingerprint density at radius 2 is 1.56 bits per heavy atom. The summed E-state index contributed by atoms with van der Waals surface area (Å²) in [4.78, 5) is 0. The van der Waals surface area contributed by atoms with Crippen LogP contribution in [0.1, 0.15) is 37.5 Å². The van der Waals surface area contributed by atoms with Crippen molar-refractivity contribution in [1.29, 1.82) is 0 Å². The monoisotopic (exact) mass is 218 g/mol. The van der Waals surface area contributed by atoms with Crippen LogP contribution in [0.4, 0.5) is 0 Å². The van der Waals surface area contributed by atoms with E-state index in [1.54, 1.807) is 0 Å². The van der Waals surface area contributed by atoms with Gasteiger partial charge in [-0.1, -0.05) is 19.9 Å². The lowest BCUT2D eigenvalue weighted by Crippen LogP contribution is -2.08. The highest BCUT2D eigenvalue weighted by Gasteiger charge is 2.02. The van der Waals surface area contributed by atoms with Crippen LogP contribution in [0, 0.1) is 0 Å². The average molecular weight is 218 g/mol. The van der Waals surface area contributed by atoms with E-state index in [9.17, 15) is 0 Å². The zero-order valence-electron chi connectivity index (χ0n) is 11.0. The molecule has 0 amide bonds. The molecule has 1 aromatic carbocycles. The van der Waals surface area contributed by atoms with Gasteiger partial charge in [0.05, 0.1) is 5.71 Å². The van der Waals surface area contributed by atoms with Gasteiger partial charge in [-0.05, 0) is 48.6 Å². The lowest BCUT2D eigenvalue weighted by Gasteiger charge is -2.10. The average Bonchev–Trinajstić information content (AvgIpc) is 2.27. The highest BCUT2D eigenvalue weighted by Crippen LogP contribution is 2.13. The summed E-state index contributed by atoms with van der Waals surface area (Å²) >= 11 is 0. The summed E-state index contributed by atoms with van der Waals surface area (Å²) in [6.45, 7) is 6.45. The van der Waals surface area contributed by atoms with Crippen molar-refractivity contribution in [2.45, 2.75) is 33.6 Å². The molecule has 0 unspecified atom stereocenters. The second-order valence-corrected chi connectivity index (χ2v) is 4.28. The minimum absolute atomic E-state index is 1.08. The number of benzene rings is 1. The molecule has 1 aromatic rings. The van der Waals surface area contributed by atoms with Crippen LogP contribution >= 0.6 is 0 Å². The van der Waals surface area contributed by atoms with Gasteiger partial charge in [-0.3, -0.25) is 0 Å². The van der Waals surface area contributed by atoms with E-state index in [1.807, 2.05) is 19.1 Å². The van der Waals surface area contributed by atoms with E-state index in [4.69, 9.17) is 0 Å². The maximum absolute atomic E-state index is 4.45. The molecule has 0 saturated carbocycles. The number of hydrogen-bond donors (Lipinski definition) is 0. The maximum atomic E-state index is 4.45. The third-order valence-electron chi connectivity index (χ3n) is 2.64. The molecule has 0 bridgehead atoms. The number of aryl methyl sites for hydroxylation is 2. The van der Waals surface area contributed by atoms with Crippen LogP contribution in [0.25, 0.3) is 0 Å². The van der Waals surface area contributed by atoms with Crippen molar-refractivity contribution < 1.29 is 0 Å². The van der Waals surface area contributed by atoms with Gasteiger partial charge >= 0.3 is 0 Å². The van der Waals surface area contributed by atoms with Gasteiger partial charge < -0.3 is 5.01 Å². The molecule has 0 aliphatic carbocycles. The van der Waals surface area contributed by atoms with Crippen molar-refractivity contribution in [2.24, 2.45) is 5.10 Å². The molecule has 2 heteroatoms. The summed E-state index contributed by atoms with van der Waals surface area (Å²) in [6.07, 6.45) is 2.16. The Balaban J connectivity index is 3.12. The van der Waals surface area contributed by atoms with Crippen LogP contribution in [0.15, 0.2) is 23.3 Å². The number of nitrogens with zero attached hydrogens (tertiary/aromatic N) is 2. The second kappa shape index (κ2) is 5.69. The molecule has 0 radical (unpaired) electrons. The molecule has 0 N–H and O–H groups in total. The number of hydrazone groups is 1. The van der Waals surface area contributed by atoms with Crippen molar-refractivity contribution in [2.75, 3.05) is 14.1 Å². The zero-order valence-corrected chi connectivity index (χ0v) is 11.0. The second-order valence-electron chi connectivity index (χ2n) is 4.28. The Bertz CT molecular complexity index is 356. The fourth-order valence-electron chi connectivity index (χ4n) is 1.74. The van der Waals surface area contributed by atoms with Crippen LogP contribution in [0.5, 0.6) is 0 Å². The summed E-state index contributed by atoms with van der Waals surface area (Å²) in [6, 6.07) is 6.76. The minimum atomic E-state index is 1.08. The molecule has 0 atom stereocenters. The predicted molar refractivity (Wildman–Crippen MR) is 71.1 cm³/mol. The Morgan fingerprint density at radius 3 is 1.94 bits per heavy atom. The van der Waals surface area contributed by atoms with Gasteiger partial charge in [0.2, 0.25) is 0 Å². The minimum Gasteiger partial charge on any atom is -0.303 e. The summed E-state index contributed by atoms with van der Waals surface area (Å²) in [7, 11) is 3.90. The predicted octanol–water partition coefficient (Wildman–Crippen LogP) is 3.10. The Morgan fingerprint density at radius 1 is 1.06 bits per heavy atom. The molecule has 0 aliphatic rings. The van der Waals surface area contributed by atoms with Crippen LogP contribution in [-0.4, -0.2) is 24.8 Å². The molecule has 0 aliphatic heterocycles. The van der Waals surface area contributed by atoms with E-state index in [2.05, 4.69) is 44.1 Å². The molecule has 0 heterocycles. The normalized spacial score (nSPS) is 11.7. The first-order valence-corrected chi connectivity index (χ1v) is 5.92. The SMILES string of the molecule is CCc1cc(CC)cc(/C(C)=N/N(C)C)c1. The molecule has 2 nitrogen and oxygen atoms in total. The number of hydrogen-bond acceptors (Lipinski definition) is 2. The highest BCUT2D eigenvalue weighted by atomic mass is 15.4. The van der Waals surface area contributed by atoms with Gasteiger partial charge in [0, 0.05) is 14.1 Å². The quantitative estimate of drug-likeness (QED) is 0.560. The molecule has 16 heavy (non-hydrogen) atoms. The first kappa shape index (κ1) is 12.8. The number of rotatable bonds is 4. The van der Waals surface area contributed by atoms with Crippen molar-refractivity contribution in [3.63, 3.8) is 0 Å². The first-order valence-electron chi connectivity index (χ1n) is 5.92. The van der Waals surface area contributed by atoms with Gasteiger partial charge in [-0.15, -0.1) is 0 Å². The van der Waals surface area contributed by atoms with Crippen molar-refractivity contribution in [3.8, 4) is 0 Å². The van der Waals surface area contributed by atoms with Gasteiger partial charge in [-0.2, -0.15) is 5.10 Å². The summed E-state index contributed by atoms with van der Waals surface area (Å²) in [5, 5.41) is 6.30. The fraction of sp³-hybridized carbons (Fsp3) is 0.500. The van der Waals surface area contributed by atoms with E-state index >= 15 is 0 Å². The van der Waals surface area contributed by atoms with Crippen LogP contribution in [0.2, 0.25) is 0 Å². The Hall–Kier alpha value is -1.31. The maximum Gasteiger partial charge on any atom is 0.0646 e. The Kier molecular flexibility index (Phi) is 4.53. The van der Waals surface area contributed by atoms with Gasteiger partial charge in [-0.25, -0.2) is 0 Å². The van der Waals surface area contributed by atoms with Gasteiger partial charge in [0.25, 0.3) is 0 Å². The van der Waals surface area contributed by atoms with E-state index in [-0.39, 0.29) is 0 Å². The summed E-state index contributed by atoms with van der Waals surface area (Å²) in [5.41, 5.74) is 5.10. The van der Waals surface area contributed by atoms with Crippen LogP contribution in [0.3, 0.4) is 0 Å². The largest absolute Gasteiger partial charge is 0.303 e. The van der Waals surface area contributed by atoms with Crippen LogP contribution in [-0.2, 0) is 12.8 Å². The fourth-order valence-corrected chi connectivity index (χ4v) is 1.74. The van der Waals surface area contributed by atoms with E-state index in [0.29, 0.717) is 0 Å². The lowest BCUT2D eigenvalue weighted by molar-refractivity contribution is 0.438. The molecule has 0 fully saturated rings. The standard InChI is InChI=1S/C14H22N2/c1-6-12-8-13(7-2)10-14(9-12)11(3)15-16(4)5/h8-10H,6-7H2,1-5H3/b15-11+. The summed E-state index contributed by atoms with van der Waals surface area (Å²) < 4.78 is 0. The molecule has 0 aromatic heterocycles. The van der Waals surface area contributed by atoms with Crippen molar-refractivity contribution in [3.05, 3.63) is 34.9 Å². The zero-order chi connectivity index (χ0) is 12.1. The van der Waals surface area contributed by atoms with Crippen LogP contribution < -0.4 is 0 Å². The van der Waals surface area contributed by atoms with Gasteiger partial charge in [0.15, 0.2) is 0 Å². The third kappa shape index (κ3) is 3.37. The molecular formula is C14H22N2. The smallest absolute Gasteiger partial charge is 0.0646 e. The Labute approximate surface area is 99.0 Å². The molecular weight excluding hydrogens is 196 g/mol. The van der Waals surface area contributed by atoms with Crippen molar-refractivity contribution in [1.82, 2.24) is 5.01 Å². The topological polar surface area (TPSA) is 15.6 Å². The molecule has 1 rings (SSSR count). The van der Waals surface area contributed by atoms with E-state index in [0.717, 1.165) is 18.6 Å². The van der Waals surface area contributed by atoms with Crippen molar-refractivity contribution >= 4 is 5.71 Å².